The summed E-state index contributed by atoms with van der Waals surface area (Å²) in [5.41, 5.74) is 2.33. The van der Waals surface area contributed by atoms with Crippen molar-refractivity contribution in [2.45, 2.75) is 76.9 Å². The predicted octanol–water partition coefficient (Wildman–Crippen LogP) is 2.79. The molecule has 33 heavy (non-hydrogen) atoms. The fourth-order valence-electron chi connectivity index (χ4n) is 5.54. The molecule has 3 rings (SSSR count). The van der Waals surface area contributed by atoms with Gasteiger partial charge in [-0.3, -0.25) is 9.59 Å². The lowest BCUT2D eigenvalue weighted by molar-refractivity contribution is -0.141. The van der Waals surface area contributed by atoms with Gasteiger partial charge < -0.3 is 25.0 Å². The van der Waals surface area contributed by atoms with E-state index in [4.69, 9.17) is 4.74 Å². The summed E-state index contributed by atoms with van der Waals surface area (Å²) in [6.45, 7) is 1.82. The van der Waals surface area contributed by atoms with Gasteiger partial charge in [-0.2, -0.15) is 0 Å². The van der Waals surface area contributed by atoms with Crippen LogP contribution in [0.2, 0.25) is 0 Å². The highest BCUT2D eigenvalue weighted by Crippen LogP contribution is 2.48. The zero-order chi connectivity index (χ0) is 23.8. The first-order valence-corrected chi connectivity index (χ1v) is 12.4. The van der Waals surface area contributed by atoms with Crippen LogP contribution in [0.5, 0.6) is 5.75 Å². The molecule has 184 valence electrons. The summed E-state index contributed by atoms with van der Waals surface area (Å²) in [7, 11) is 1.27. The van der Waals surface area contributed by atoms with Crippen molar-refractivity contribution in [1.82, 2.24) is 5.32 Å². The Labute approximate surface area is 196 Å². The standard InChI is InChI=1S/C26H39NO6/c1-3-4-5-8-19(28)10-11-20-21-12-17-7-6-9-24(22(17)13-18(21)14-23(20)29)33-16-25(30)27-15-26(31)32-2/h6-7,9,18-21,23,28-29H,3-5,8,10-16H2,1-2H3,(H,27,30)/t18-,19-,20+,21-,23+/m0/s1. The second-order valence-corrected chi connectivity index (χ2v) is 9.56. The van der Waals surface area contributed by atoms with E-state index in [0.29, 0.717) is 17.6 Å². The number of hydrogen-bond donors (Lipinski definition) is 3. The molecular formula is C26H39NO6. The van der Waals surface area contributed by atoms with Crippen molar-refractivity contribution in [1.29, 1.82) is 0 Å². The molecule has 2 aliphatic carbocycles. The number of carbonyl (C=O) groups is 2. The molecule has 0 aliphatic heterocycles. The molecule has 0 unspecified atom stereocenters. The number of amides is 1. The van der Waals surface area contributed by atoms with E-state index in [1.54, 1.807) is 0 Å². The Kier molecular flexibility index (Phi) is 9.56. The van der Waals surface area contributed by atoms with Crippen LogP contribution in [-0.4, -0.2) is 54.6 Å². The van der Waals surface area contributed by atoms with E-state index in [0.717, 1.165) is 63.4 Å². The van der Waals surface area contributed by atoms with Crippen LogP contribution in [0.1, 0.15) is 63.0 Å². The van der Waals surface area contributed by atoms with Crippen molar-refractivity contribution in [3.63, 3.8) is 0 Å². The molecule has 1 fully saturated rings. The monoisotopic (exact) mass is 461 g/mol. The van der Waals surface area contributed by atoms with Crippen molar-refractivity contribution < 1.29 is 29.3 Å². The summed E-state index contributed by atoms with van der Waals surface area (Å²) >= 11 is 0. The van der Waals surface area contributed by atoms with Gasteiger partial charge in [0.2, 0.25) is 0 Å². The lowest BCUT2D eigenvalue weighted by Gasteiger charge is -2.32. The number of esters is 1. The smallest absolute Gasteiger partial charge is 0.325 e. The molecule has 2 aliphatic rings. The minimum atomic E-state index is -0.505. The maximum atomic E-state index is 12.0. The maximum absolute atomic E-state index is 12.0. The van der Waals surface area contributed by atoms with Gasteiger partial charge in [-0.05, 0) is 73.5 Å². The van der Waals surface area contributed by atoms with Crippen LogP contribution in [0.3, 0.4) is 0 Å². The zero-order valence-corrected chi connectivity index (χ0v) is 19.9. The van der Waals surface area contributed by atoms with Gasteiger partial charge in [-0.1, -0.05) is 38.3 Å². The largest absolute Gasteiger partial charge is 0.483 e. The van der Waals surface area contributed by atoms with Gasteiger partial charge in [-0.15, -0.1) is 0 Å². The molecule has 0 spiro atoms. The Bertz CT molecular complexity index is 797. The Morgan fingerprint density at radius 2 is 2.03 bits per heavy atom. The van der Waals surface area contributed by atoms with E-state index in [1.165, 1.54) is 12.7 Å². The van der Waals surface area contributed by atoms with Crippen molar-refractivity contribution in [3.05, 3.63) is 29.3 Å². The third-order valence-electron chi connectivity index (χ3n) is 7.34. The number of nitrogens with one attached hydrogen (secondary N) is 1. The maximum Gasteiger partial charge on any atom is 0.325 e. The number of aliphatic hydroxyl groups excluding tert-OH is 2. The molecule has 0 aromatic heterocycles. The number of rotatable bonds is 12. The number of carbonyl (C=O) groups excluding carboxylic acids is 2. The fourth-order valence-corrected chi connectivity index (χ4v) is 5.54. The summed E-state index contributed by atoms with van der Waals surface area (Å²) in [5, 5.41) is 23.6. The summed E-state index contributed by atoms with van der Waals surface area (Å²) < 4.78 is 10.3. The average Bonchev–Trinajstić information content (AvgIpc) is 3.12. The first-order valence-electron chi connectivity index (χ1n) is 12.4. The second-order valence-electron chi connectivity index (χ2n) is 9.56. The van der Waals surface area contributed by atoms with Crippen molar-refractivity contribution in [2.24, 2.45) is 17.8 Å². The topological polar surface area (TPSA) is 105 Å². The Morgan fingerprint density at radius 3 is 2.79 bits per heavy atom. The van der Waals surface area contributed by atoms with Gasteiger partial charge in [0.05, 0.1) is 19.3 Å². The molecule has 0 bridgehead atoms. The molecule has 5 atom stereocenters. The molecule has 7 nitrogen and oxygen atoms in total. The number of aliphatic hydroxyl groups is 2. The van der Waals surface area contributed by atoms with Gasteiger partial charge in [-0.25, -0.2) is 0 Å². The molecule has 0 saturated heterocycles. The molecule has 0 radical (unpaired) electrons. The van der Waals surface area contributed by atoms with E-state index < -0.39 is 5.97 Å². The minimum Gasteiger partial charge on any atom is -0.483 e. The molecule has 7 heteroatoms. The number of hydrogen-bond acceptors (Lipinski definition) is 6. The third-order valence-corrected chi connectivity index (χ3v) is 7.34. The van der Waals surface area contributed by atoms with Crippen LogP contribution in [0.25, 0.3) is 0 Å². The van der Waals surface area contributed by atoms with E-state index in [-0.39, 0.29) is 37.2 Å². The Morgan fingerprint density at radius 1 is 1.21 bits per heavy atom. The van der Waals surface area contributed by atoms with Gasteiger partial charge in [0.25, 0.3) is 5.91 Å². The first-order chi connectivity index (χ1) is 15.9. The van der Waals surface area contributed by atoms with Crippen molar-refractivity contribution in [3.8, 4) is 5.75 Å². The number of ether oxygens (including phenoxy) is 2. The van der Waals surface area contributed by atoms with E-state index in [1.807, 2.05) is 12.1 Å². The van der Waals surface area contributed by atoms with Gasteiger partial charge in [0, 0.05) is 0 Å². The molecular weight excluding hydrogens is 422 g/mol. The molecule has 1 amide bonds. The van der Waals surface area contributed by atoms with Crippen LogP contribution in [0, 0.1) is 17.8 Å². The lowest BCUT2D eigenvalue weighted by atomic mass is 9.73. The quantitative estimate of drug-likeness (QED) is 0.327. The number of benzene rings is 1. The average molecular weight is 462 g/mol. The van der Waals surface area contributed by atoms with E-state index in [9.17, 15) is 19.8 Å². The summed E-state index contributed by atoms with van der Waals surface area (Å²) in [6, 6.07) is 5.93. The van der Waals surface area contributed by atoms with E-state index >= 15 is 0 Å². The molecule has 1 aromatic carbocycles. The normalized spacial score (nSPS) is 24.5. The third kappa shape index (κ3) is 6.93. The zero-order valence-electron chi connectivity index (χ0n) is 19.9. The SMILES string of the molecule is CCCCC[C@H](O)CC[C@@H]1[C@H]2Cc3cccc(OCC(=O)NCC(=O)OC)c3C[C@H]2C[C@H]1O. The van der Waals surface area contributed by atoms with Crippen molar-refractivity contribution in [2.75, 3.05) is 20.3 Å². The number of fused-ring (bicyclic) bond motifs is 2. The highest BCUT2D eigenvalue weighted by atomic mass is 16.5. The predicted molar refractivity (Wildman–Crippen MR) is 125 cm³/mol. The van der Waals surface area contributed by atoms with Crippen molar-refractivity contribution >= 4 is 11.9 Å². The van der Waals surface area contributed by atoms with Crippen LogP contribution < -0.4 is 10.1 Å². The Balaban J connectivity index is 1.57. The fraction of sp³-hybridized carbons (Fsp3) is 0.692. The van der Waals surface area contributed by atoms with Crippen LogP contribution >= 0.6 is 0 Å². The summed E-state index contributed by atoms with van der Waals surface area (Å²) in [6.07, 6.45) is 7.72. The number of unbranched alkanes of at least 4 members (excludes halogenated alkanes) is 2. The lowest BCUT2D eigenvalue weighted by Crippen LogP contribution is -2.34. The summed E-state index contributed by atoms with van der Waals surface area (Å²) in [5.74, 6) is 0.831. The number of methoxy groups -OCH3 is 1. The summed E-state index contributed by atoms with van der Waals surface area (Å²) in [4.78, 5) is 23.2. The molecule has 1 aromatic rings. The first kappa shape index (κ1) is 25.5. The van der Waals surface area contributed by atoms with Crippen LogP contribution in [-0.2, 0) is 27.2 Å². The highest BCUT2D eigenvalue weighted by Gasteiger charge is 2.44. The Hall–Kier alpha value is -2.12. The van der Waals surface area contributed by atoms with Crippen LogP contribution in [0.4, 0.5) is 0 Å². The van der Waals surface area contributed by atoms with Crippen LogP contribution in [0.15, 0.2) is 18.2 Å². The molecule has 0 heterocycles. The highest BCUT2D eigenvalue weighted by molar-refractivity contribution is 5.82. The van der Waals surface area contributed by atoms with E-state index in [2.05, 4.69) is 23.0 Å². The second kappa shape index (κ2) is 12.4. The molecule has 1 saturated carbocycles. The van der Waals surface area contributed by atoms with Gasteiger partial charge >= 0.3 is 5.97 Å². The van der Waals surface area contributed by atoms with Gasteiger partial charge in [0.15, 0.2) is 6.61 Å². The van der Waals surface area contributed by atoms with Gasteiger partial charge in [0.1, 0.15) is 12.3 Å². The molecule has 3 N–H and O–H groups in total. The minimum absolute atomic E-state index is 0.164.